The number of ether oxygens (including phenoxy) is 2. The summed E-state index contributed by atoms with van der Waals surface area (Å²) >= 11 is 7.92. The maximum Gasteiger partial charge on any atom is 0.261 e. The first-order chi connectivity index (χ1) is 19.0. The second-order valence-corrected chi connectivity index (χ2v) is 13.0. The van der Waals surface area contributed by atoms with E-state index in [2.05, 4.69) is 34.8 Å². The molecule has 0 aromatic heterocycles. The van der Waals surface area contributed by atoms with Gasteiger partial charge < -0.3 is 14.4 Å². The Morgan fingerprint density at radius 1 is 1.15 bits per heavy atom. The number of halogens is 1. The molecule has 39 heavy (non-hydrogen) atoms. The quantitative estimate of drug-likeness (QED) is 0.317. The summed E-state index contributed by atoms with van der Waals surface area (Å²) in [5, 5.41) is 0.786. The highest BCUT2D eigenvalue weighted by atomic mass is 35.5. The van der Waals surface area contributed by atoms with Crippen molar-refractivity contribution in [2.45, 2.75) is 57.5 Å². The minimum Gasteiger partial charge on any atom is -0.491 e. The maximum absolute atomic E-state index is 13.1. The van der Waals surface area contributed by atoms with Crippen LogP contribution in [0.15, 0.2) is 48.0 Å². The van der Waals surface area contributed by atoms with Crippen LogP contribution in [-0.4, -0.2) is 44.6 Å². The molecule has 2 aliphatic carbocycles. The third-order valence-electron chi connectivity index (χ3n) is 9.15. The Bertz CT molecular complexity index is 1250. The molecule has 0 spiro atoms. The molecule has 208 valence electrons. The molecular weight excluding hydrogens is 528 g/mol. The highest BCUT2D eigenvalue weighted by molar-refractivity contribution is 7.97. The molecule has 2 aromatic rings. The van der Waals surface area contributed by atoms with Gasteiger partial charge in [0.2, 0.25) is 0 Å². The van der Waals surface area contributed by atoms with Crippen molar-refractivity contribution >= 4 is 35.1 Å². The number of carbonyl (C=O) groups excluding carboxylic acids is 1. The Hall–Kier alpha value is -2.15. The summed E-state index contributed by atoms with van der Waals surface area (Å²) in [4.78, 5) is 15.6. The number of aryl methyl sites for hydroxylation is 1. The SMILES string of the molecule is CCCc1cc(Cl)ccc1C1COc2ccc3cc2N(C1)CC1CCC1C(OC)C1=CC(CCSNC3=O)C1. The van der Waals surface area contributed by atoms with Crippen molar-refractivity contribution < 1.29 is 14.3 Å². The molecule has 3 aliphatic heterocycles. The summed E-state index contributed by atoms with van der Waals surface area (Å²) in [6, 6.07) is 12.2. The predicted octanol–water partition coefficient (Wildman–Crippen LogP) is 7.04. The zero-order valence-electron chi connectivity index (χ0n) is 23.0. The van der Waals surface area contributed by atoms with Crippen LogP contribution in [0.4, 0.5) is 5.69 Å². The number of amides is 1. The monoisotopic (exact) mass is 566 g/mol. The maximum atomic E-state index is 13.1. The van der Waals surface area contributed by atoms with Crippen molar-refractivity contribution in [2.75, 3.05) is 37.5 Å². The highest BCUT2D eigenvalue weighted by Crippen LogP contribution is 2.46. The van der Waals surface area contributed by atoms with E-state index in [1.54, 1.807) is 0 Å². The molecule has 2 aromatic carbocycles. The third-order valence-corrected chi connectivity index (χ3v) is 10.2. The number of benzene rings is 2. The molecule has 7 heteroatoms. The van der Waals surface area contributed by atoms with E-state index in [0.717, 1.165) is 61.0 Å². The molecule has 5 aliphatic rings. The normalized spacial score (nSPS) is 28.6. The molecule has 3 heterocycles. The average molecular weight is 567 g/mol. The molecule has 0 radical (unpaired) electrons. The smallest absolute Gasteiger partial charge is 0.261 e. The van der Waals surface area contributed by atoms with Crippen LogP contribution in [0.3, 0.4) is 0 Å². The number of anilines is 1. The van der Waals surface area contributed by atoms with Crippen LogP contribution in [0.1, 0.15) is 66.4 Å². The van der Waals surface area contributed by atoms with E-state index in [-0.39, 0.29) is 17.9 Å². The molecule has 5 atom stereocenters. The van der Waals surface area contributed by atoms with Gasteiger partial charge >= 0.3 is 0 Å². The third kappa shape index (κ3) is 5.57. The zero-order valence-corrected chi connectivity index (χ0v) is 24.5. The van der Waals surface area contributed by atoms with Crippen molar-refractivity contribution in [3.05, 3.63) is 69.8 Å². The van der Waals surface area contributed by atoms with Gasteiger partial charge in [-0.1, -0.05) is 49.0 Å². The molecule has 4 bridgehead atoms. The van der Waals surface area contributed by atoms with Crippen molar-refractivity contribution in [3.63, 3.8) is 0 Å². The number of methoxy groups -OCH3 is 1. The largest absolute Gasteiger partial charge is 0.491 e. The standard InChI is InChI=1S/C32H39ClN2O3S/c1-3-4-21-15-26(33)7-9-27(21)25-18-35-17-23-5-8-28(23)31(37-2)24-13-20(14-24)11-12-39-34-32(36)22-6-10-30(38-19-25)29(35)16-22/h6-7,9-10,13,15-16,20,23,25,28,31H,3-5,8,11-12,14,17-19H2,1-2H3,(H,34,36). The lowest BCUT2D eigenvalue weighted by Gasteiger charge is -2.46. The minimum atomic E-state index is -0.0376. The van der Waals surface area contributed by atoms with Gasteiger partial charge in [-0.2, -0.15) is 0 Å². The van der Waals surface area contributed by atoms with Gasteiger partial charge in [-0.05, 0) is 96.9 Å². The predicted molar refractivity (Wildman–Crippen MR) is 160 cm³/mol. The number of hydrogen-bond acceptors (Lipinski definition) is 5. The number of allylic oxidation sites excluding steroid dienone is 1. The van der Waals surface area contributed by atoms with Gasteiger partial charge in [-0.3, -0.25) is 9.52 Å². The Morgan fingerprint density at radius 3 is 2.79 bits per heavy atom. The van der Waals surface area contributed by atoms with Crippen LogP contribution in [0, 0.1) is 17.8 Å². The lowest BCUT2D eigenvalue weighted by atomic mass is 9.65. The molecule has 1 amide bonds. The Labute approximate surface area is 241 Å². The summed E-state index contributed by atoms with van der Waals surface area (Å²) in [6.07, 6.45) is 9.34. The number of fused-ring (bicyclic) bond motifs is 4. The number of carbonyl (C=O) groups is 1. The lowest BCUT2D eigenvalue weighted by Crippen LogP contribution is -2.46. The topological polar surface area (TPSA) is 50.8 Å². The average Bonchev–Trinajstić information content (AvgIpc) is 3.07. The van der Waals surface area contributed by atoms with Crippen molar-refractivity contribution in [3.8, 4) is 5.75 Å². The lowest BCUT2D eigenvalue weighted by molar-refractivity contribution is 0.000767. The van der Waals surface area contributed by atoms with Crippen molar-refractivity contribution in [1.29, 1.82) is 0 Å². The summed E-state index contributed by atoms with van der Waals surface area (Å²) in [7, 11) is 1.88. The number of nitrogens with zero attached hydrogens (tertiary/aromatic N) is 1. The fraction of sp³-hybridized carbons (Fsp3) is 0.531. The van der Waals surface area contributed by atoms with Gasteiger partial charge in [-0.25, -0.2) is 0 Å². The molecular formula is C32H39ClN2O3S. The summed E-state index contributed by atoms with van der Waals surface area (Å²) in [5.74, 6) is 3.62. The zero-order chi connectivity index (χ0) is 26.9. The van der Waals surface area contributed by atoms with E-state index >= 15 is 0 Å². The summed E-state index contributed by atoms with van der Waals surface area (Å²) in [5.41, 5.74) is 5.81. The first kappa shape index (κ1) is 27.0. The van der Waals surface area contributed by atoms with E-state index in [1.807, 2.05) is 31.4 Å². The van der Waals surface area contributed by atoms with Gasteiger partial charge in [0.05, 0.1) is 18.4 Å². The second kappa shape index (κ2) is 11.8. The van der Waals surface area contributed by atoms with Crippen LogP contribution in [0.25, 0.3) is 0 Å². The van der Waals surface area contributed by atoms with Gasteiger partial charge in [0, 0.05) is 42.5 Å². The van der Waals surface area contributed by atoms with E-state index in [1.165, 1.54) is 41.5 Å². The van der Waals surface area contributed by atoms with E-state index < -0.39 is 0 Å². The molecule has 5 nitrogen and oxygen atoms in total. The van der Waals surface area contributed by atoms with E-state index in [9.17, 15) is 4.79 Å². The molecule has 1 fully saturated rings. The van der Waals surface area contributed by atoms with Gasteiger partial charge in [-0.15, -0.1) is 0 Å². The van der Waals surface area contributed by atoms with Crippen LogP contribution in [0.5, 0.6) is 5.75 Å². The van der Waals surface area contributed by atoms with Crippen LogP contribution < -0.4 is 14.4 Å². The number of nitrogens with one attached hydrogen (secondary N) is 1. The number of hydrogen-bond donors (Lipinski definition) is 1. The molecule has 1 saturated carbocycles. The van der Waals surface area contributed by atoms with Gasteiger partial charge in [0.15, 0.2) is 0 Å². The fourth-order valence-electron chi connectivity index (χ4n) is 6.91. The van der Waals surface area contributed by atoms with E-state index in [0.29, 0.717) is 29.9 Å². The first-order valence-corrected chi connectivity index (χ1v) is 15.9. The Balaban J connectivity index is 1.35. The second-order valence-electron chi connectivity index (χ2n) is 11.6. The first-order valence-electron chi connectivity index (χ1n) is 14.5. The fourth-order valence-corrected chi connectivity index (χ4v) is 7.88. The molecule has 5 unspecified atom stereocenters. The van der Waals surface area contributed by atoms with Crippen LogP contribution >= 0.6 is 23.5 Å². The Kier molecular flexibility index (Phi) is 8.15. The molecule has 1 N–H and O–H groups in total. The van der Waals surface area contributed by atoms with Crippen LogP contribution in [0.2, 0.25) is 5.02 Å². The molecule has 7 rings (SSSR count). The number of rotatable bonds is 4. The minimum absolute atomic E-state index is 0.0376. The highest BCUT2D eigenvalue weighted by Gasteiger charge is 2.42. The van der Waals surface area contributed by atoms with Gasteiger partial charge in [0.25, 0.3) is 5.91 Å². The van der Waals surface area contributed by atoms with Gasteiger partial charge in [0.1, 0.15) is 5.75 Å². The summed E-state index contributed by atoms with van der Waals surface area (Å²) in [6.45, 7) is 4.59. The Morgan fingerprint density at radius 2 is 2.03 bits per heavy atom. The van der Waals surface area contributed by atoms with Crippen LogP contribution in [-0.2, 0) is 11.2 Å². The van der Waals surface area contributed by atoms with Crippen molar-refractivity contribution in [1.82, 2.24) is 4.72 Å². The van der Waals surface area contributed by atoms with E-state index in [4.69, 9.17) is 21.1 Å². The summed E-state index contributed by atoms with van der Waals surface area (Å²) < 4.78 is 15.7. The molecule has 0 saturated heterocycles. The van der Waals surface area contributed by atoms with Crippen molar-refractivity contribution in [2.24, 2.45) is 17.8 Å².